The maximum absolute atomic E-state index is 13.6. The van der Waals surface area contributed by atoms with E-state index in [1.165, 1.54) is 26.4 Å². The first-order valence-electron chi connectivity index (χ1n) is 4.50. The van der Waals surface area contributed by atoms with Crippen molar-refractivity contribution in [1.29, 1.82) is 0 Å². The number of methoxy groups -OCH3 is 2. The average Bonchev–Trinajstić information content (AvgIpc) is 2.31. The molecule has 4 nitrogen and oxygen atoms in total. The number of halogens is 1. The molecule has 0 fully saturated rings. The summed E-state index contributed by atoms with van der Waals surface area (Å²) in [5, 5.41) is 0. The van der Waals surface area contributed by atoms with E-state index in [9.17, 15) is 14.0 Å². The van der Waals surface area contributed by atoms with Crippen LogP contribution < -0.4 is 4.74 Å². The molecule has 0 aliphatic heterocycles. The van der Waals surface area contributed by atoms with E-state index in [2.05, 4.69) is 4.74 Å². The third-order valence-corrected chi connectivity index (χ3v) is 2.07. The minimum atomic E-state index is -0.721. The summed E-state index contributed by atoms with van der Waals surface area (Å²) in [4.78, 5) is 21.6. The Bertz CT molecular complexity index is 415. The molecule has 0 radical (unpaired) electrons. The van der Waals surface area contributed by atoms with E-state index in [1.54, 1.807) is 0 Å². The predicted octanol–water partition coefficient (Wildman–Crippen LogP) is 1.36. The second-order valence-corrected chi connectivity index (χ2v) is 3.06. The number of benzene rings is 1. The largest absolute Gasteiger partial charge is 0.497 e. The van der Waals surface area contributed by atoms with E-state index in [0.717, 1.165) is 0 Å². The van der Waals surface area contributed by atoms with Crippen LogP contribution in [0.2, 0.25) is 0 Å². The van der Waals surface area contributed by atoms with Crippen molar-refractivity contribution in [2.45, 2.75) is 6.42 Å². The van der Waals surface area contributed by atoms with E-state index in [1.807, 2.05) is 0 Å². The highest BCUT2D eigenvalue weighted by Gasteiger charge is 2.14. The second kappa shape index (κ2) is 5.25. The third-order valence-electron chi connectivity index (χ3n) is 2.07. The number of carbonyl (C=O) groups excluding carboxylic acids is 2. The summed E-state index contributed by atoms with van der Waals surface area (Å²) in [7, 11) is 2.60. The van der Waals surface area contributed by atoms with Gasteiger partial charge in [0.1, 0.15) is 11.6 Å². The van der Waals surface area contributed by atoms with Crippen molar-refractivity contribution in [2.75, 3.05) is 14.2 Å². The van der Waals surface area contributed by atoms with Crippen LogP contribution in [0.1, 0.15) is 15.9 Å². The van der Waals surface area contributed by atoms with Crippen LogP contribution in [0.3, 0.4) is 0 Å². The molecule has 86 valence electrons. The van der Waals surface area contributed by atoms with E-state index in [-0.39, 0.29) is 17.5 Å². The van der Waals surface area contributed by atoms with Crippen molar-refractivity contribution in [3.8, 4) is 5.75 Å². The summed E-state index contributed by atoms with van der Waals surface area (Å²) < 4.78 is 22.9. The molecule has 1 rings (SSSR count). The molecule has 0 amide bonds. The number of esters is 1. The lowest BCUT2D eigenvalue weighted by atomic mass is 10.1. The predicted molar refractivity (Wildman–Crippen MR) is 54.1 cm³/mol. The Morgan fingerprint density at radius 2 is 2.12 bits per heavy atom. The molecular weight excluding hydrogens is 215 g/mol. The molecule has 0 atom stereocenters. The van der Waals surface area contributed by atoms with E-state index < -0.39 is 11.8 Å². The Kier molecular flexibility index (Phi) is 3.99. The Morgan fingerprint density at radius 1 is 1.44 bits per heavy atom. The van der Waals surface area contributed by atoms with Gasteiger partial charge in [0.25, 0.3) is 0 Å². The molecule has 5 heteroatoms. The summed E-state index contributed by atoms with van der Waals surface area (Å²) in [6.07, 6.45) is 0.138. The molecule has 0 aliphatic carbocycles. The fourth-order valence-electron chi connectivity index (χ4n) is 1.24. The SMILES string of the molecule is COC(=O)Cc1cc(OC)cc(C=O)c1F. The molecule has 0 heterocycles. The standard InChI is InChI=1S/C11H11FO4/c1-15-9-3-7(5-10(14)16-2)11(12)8(4-9)6-13/h3-4,6H,5H2,1-2H3. The molecule has 16 heavy (non-hydrogen) atoms. The lowest BCUT2D eigenvalue weighted by Gasteiger charge is -2.07. The summed E-state index contributed by atoms with van der Waals surface area (Å²) in [5.41, 5.74) is -0.0634. The number of hydrogen-bond acceptors (Lipinski definition) is 4. The Hall–Kier alpha value is -1.91. The van der Waals surface area contributed by atoms with Crippen LogP contribution in [-0.2, 0) is 16.0 Å². The molecule has 0 aliphatic rings. The van der Waals surface area contributed by atoms with Crippen LogP contribution >= 0.6 is 0 Å². The Balaban J connectivity index is 3.15. The minimum Gasteiger partial charge on any atom is -0.497 e. The molecule has 0 unspecified atom stereocenters. The normalized spacial score (nSPS) is 9.69. The van der Waals surface area contributed by atoms with Gasteiger partial charge in [-0.3, -0.25) is 9.59 Å². The number of hydrogen-bond donors (Lipinski definition) is 0. The van der Waals surface area contributed by atoms with Crippen LogP contribution in [0, 0.1) is 5.82 Å². The molecular formula is C11H11FO4. The van der Waals surface area contributed by atoms with Gasteiger partial charge in [0.15, 0.2) is 6.29 Å². The fraction of sp³-hybridized carbons (Fsp3) is 0.273. The second-order valence-electron chi connectivity index (χ2n) is 3.06. The van der Waals surface area contributed by atoms with Crippen molar-refractivity contribution in [1.82, 2.24) is 0 Å². The molecule has 1 aromatic carbocycles. The summed E-state index contributed by atoms with van der Waals surface area (Å²) >= 11 is 0. The summed E-state index contributed by atoms with van der Waals surface area (Å²) in [6.45, 7) is 0. The monoisotopic (exact) mass is 226 g/mol. The van der Waals surface area contributed by atoms with Crippen LogP contribution in [0.15, 0.2) is 12.1 Å². The minimum absolute atomic E-state index is 0.0771. The van der Waals surface area contributed by atoms with Gasteiger partial charge in [-0.05, 0) is 12.1 Å². The van der Waals surface area contributed by atoms with Crippen LogP contribution in [-0.4, -0.2) is 26.5 Å². The first-order valence-corrected chi connectivity index (χ1v) is 4.50. The fourth-order valence-corrected chi connectivity index (χ4v) is 1.24. The summed E-state index contributed by atoms with van der Waals surface area (Å²) in [5.74, 6) is -0.979. The maximum atomic E-state index is 13.6. The van der Waals surface area contributed by atoms with Crippen molar-refractivity contribution in [2.24, 2.45) is 0 Å². The van der Waals surface area contributed by atoms with Gasteiger partial charge in [-0.2, -0.15) is 0 Å². The molecule has 0 aromatic heterocycles. The first-order chi connectivity index (χ1) is 7.62. The zero-order valence-corrected chi connectivity index (χ0v) is 8.95. The highest BCUT2D eigenvalue weighted by atomic mass is 19.1. The molecule has 1 aromatic rings. The van der Waals surface area contributed by atoms with Crippen LogP contribution in [0.4, 0.5) is 4.39 Å². The smallest absolute Gasteiger partial charge is 0.310 e. The van der Waals surface area contributed by atoms with Gasteiger partial charge in [-0.25, -0.2) is 4.39 Å². The van der Waals surface area contributed by atoms with Crippen molar-refractivity contribution in [3.05, 3.63) is 29.1 Å². The lowest BCUT2D eigenvalue weighted by Crippen LogP contribution is -2.08. The van der Waals surface area contributed by atoms with Gasteiger partial charge in [-0.1, -0.05) is 0 Å². The van der Waals surface area contributed by atoms with Crippen molar-refractivity contribution in [3.63, 3.8) is 0 Å². The highest BCUT2D eigenvalue weighted by molar-refractivity contribution is 5.78. The number of carbonyl (C=O) groups is 2. The molecule has 0 spiro atoms. The third kappa shape index (κ3) is 2.56. The van der Waals surface area contributed by atoms with Crippen LogP contribution in [0.25, 0.3) is 0 Å². The molecule has 0 bridgehead atoms. The zero-order valence-electron chi connectivity index (χ0n) is 8.95. The van der Waals surface area contributed by atoms with Gasteiger partial charge >= 0.3 is 5.97 Å². The van der Waals surface area contributed by atoms with E-state index in [4.69, 9.17) is 4.74 Å². The Labute approximate surface area is 92.0 Å². The number of rotatable bonds is 4. The van der Waals surface area contributed by atoms with E-state index >= 15 is 0 Å². The van der Waals surface area contributed by atoms with Gasteiger partial charge in [0.2, 0.25) is 0 Å². The molecule has 0 saturated heterocycles. The van der Waals surface area contributed by atoms with Gasteiger partial charge in [0, 0.05) is 5.56 Å². The Morgan fingerprint density at radius 3 is 2.62 bits per heavy atom. The van der Waals surface area contributed by atoms with Crippen molar-refractivity contribution < 1.29 is 23.5 Å². The number of aldehydes is 1. The van der Waals surface area contributed by atoms with E-state index in [0.29, 0.717) is 12.0 Å². The topological polar surface area (TPSA) is 52.6 Å². The average molecular weight is 226 g/mol. The maximum Gasteiger partial charge on any atom is 0.310 e. The van der Waals surface area contributed by atoms with Crippen LogP contribution in [0.5, 0.6) is 5.75 Å². The van der Waals surface area contributed by atoms with Gasteiger partial charge in [-0.15, -0.1) is 0 Å². The highest BCUT2D eigenvalue weighted by Crippen LogP contribution is 2.21. The number of ether oxygens (including phenoxy) is 2. The lowest BCUT2D eigenvalue weighted by molar-refractivity contribution is -0.139. The van der Waals surface area contributed by atoms with Crippen molar-refractivity contribution >= 4 is 12.3 Å². The van der Waals surface area contributed by atoms with Gasteiger partial charge < -0.3 is 9.47 Å². The van der Waals surface area contributed by atoms with Gasteiger partial charge in [0.05, 0.1) is 26.2 Å². The summed E-state index contributed by atoms with van der Waals surface area (Å²) in [6, 6.07) is 2.63. The quantitative estimate of drug-likeness (QED) is 0.574. The first kappa shape index (κ1) is 12.2. The molecule has 0 saturated carbocycles. The molecule has 0 N–H and O–H groups in total. The zero-order chi connectivity index (χ0) is 12.1.